The van der Waals surface area contributed by atoms with Gasteiger partial charge in [0, 0.05) is 6.08 Å². The zero-order valence-corrected chi connectivity index (χ0v) is 5.36. The van der Waals surface area contributed by atoms with Gasteiger partial charge in [-0.1, -0.05) is 12.8 Å². The SMILES string of the molecule is OC1=CC(O)N(S)C=N1. The summed E-state index contributed by atoms with van der Waals surface area (Å²) in [7, 11) is 0. The second kappa shape index (κ2) is 2.28. The minimum absolute atomic E-state index is 0.187. The van der Waals surface area contributed by atoms with E-state index in [1.165, 1.54) is 16.7 Å². The van der Waals surface area contributed by atoms with Crippen LogP contribution in [0.15, 0.2) is 17.0 Å². The van der Waals surface area contributed by atoms with Crippen molar-refractivity contribution in [2.45, 2.75) is 6.23 Å². The molecule has 0 aromatic rings. The van der Waals surface area contributed by atoms with Crippen LogP contribution in [0.25, 0.3) is 0 Å². The highest BCUT2D eigenvalue weighted by Crippen LogP contribution is 2.06. The molecule has 0 spiro atoms. The fourth-order valence-electron chi connectivity index (χ4n) is 0.439. The molecule has 0 fully saturated rings. The van der Waals surface area contributed by atoms with Gasteiger partial charge in [-0.3, -0.25) is 4.31 Å². The average molecular weight is 146 g/mol. The van der Waals surface area contributed by atoms with Gasteiger partial charge in [-0.2, -0.15) is 0 Å². The molecule has 1 aliphatic heterocycles. The molecule has 50 valence electrons. The highest BCUT2D eigenvalue weighted by Gasteiger charge is 2.10. The van der Waals surface area contributed by atoms with Gasteiger partial charge in [-0.15, -0.1) is 0 Å². The molecule has 1 atom stereocenters. The van der Waals surface area contributed by atoms with E-state index in [2.05, 4.69) is 17.8 Å². The summed E-state index contributed by atoms with van der Waals surface area (Å²) in [6.45, 7) is 0. The van der Waals surface area contributed by atoms with E-state index in [9.17, 15) is 0 Å². The number of thiol groups is 1. The van der Waals surface area contributed by atoms with Gasteiger partial charge in [0.15, 0.2) is 6.23 Å². The molecular weight excluding hydrogens is 140 g/mol. The molecule has 0 bridgehead atoms. The number of hydrogen-bond donors (Lipinski definition) is 3. The normalized spacial score (nSPS) is 26.2. The largest absolute Gasteiger partial charge is 0.493 e. The molecule has 0 aromatic carbocycles. The summed E-state index contributed by atoms with van der Waals surface area (Å²) in [4.78, 5) is 3.44. The first-order valence-electron chi connectivity index (χ1n) is 2.30. The first kappa shape index (κ1) is 6.44. The van der Waals surface area contributed by atoms with E-state index in [0.29, 0.717) is 0 Å². The Labute approximate surface area is 57.7 Å². The molecule has 2 N–H and O–H groups in total. The van der Waals surface area contributed by atoms with E-state index in [-0.39, 0.29) is 5.88 Å². The van der Waals surface area contributed by atoms with Gasteiger partial charge in [0.1, 0.15) is 6.34 Å². The Balaban J connectivity index is 2.70. The Bertz CT molecular complexity index is 168. The lowest BCUT2D eigenvalue weighted by molar-refractivity contribution is 0.151. The van der Waals surface area contributed by atoms with Crippen LogP contribution in [0.4, 0.5) is 0 Å². The maximum atomic E-state index is 8.87. The maximum absolute atomic E-state index is 8.87. The smallest absolute Gasteiger partial charge is 0.212 e. The van der Waals surface area contributed by atoms with Crippen LogP contribution in [0.1, 0.15) is 0 Å². The number of aliphatic hydroxyl groups is 2. The van der Waals surface area contributed by atoms with Crippen LogP contribution in [0.5, 0.6) is 0 Å². The van der Waals surface area contributed by atoms with Gasteiger partial charge < -0.3 is 10.2 Å². The molecule has 1 heterocycles. The van der Waals surface area contributed by atoms with Crippen LogP contribution in [-0.2, 0) is 0 Å². The van der Waals surface area contributed by atoms with Crippen molar-refractivity contribution >= 4 is 19.2 Å². The Morgan fingerprint density at radius 3 is 2.89 bits per heavy atom. The van der Waals surface area contributed by atoms with Gasteiger partial charge in [0.25, 0.3) is 0 Å². The second-order valence-corrected chi connectivity index (χ2v) is 2.02. The standard InChI is InChI=1S/C4H6N2O2S/c7-3-1-4(8)6(9)2-5-3/h1-2,4,7-9H. The molecule has 1 unspecified atom stereocenters. The van der Waals surface area contributed by atoms with Crippen molar-refractivity contribution in [3.05, 3.63) is 12.0 Å². The van der Waals surface area contributed by atoms with E-state index in [0.717, 1.165) is 0 Å². The predicted octanol–water partition coefficient (Wildman–Crippen LogP) is -0.107. The molecule has 4 nitrogen and oxygen atoms in total. The van der Waals surface area contributed by atoms with Gasteiger partial charge in [0.05, 0.1) is 0 Å². The second-order valence-electron chi connectivity index (χ2n) is 1.56. The molecule has 0 radical (unpaired) electrons. The van der Waals surface area contributed by atoms with Gasteiger partial charge in [0.2, 0.25) is 5.88 Å². The number of hydrogen-bond acceptors (Lipinski definition) is 5. The van der Waals surface area contributed by atoms with E-state index < -0.39 is 6.23 Å². The van der Waals surface area contributed by atoms with Gasteiger partial charge in [-0.25, -0.2) is 4.99 Å². The molecule has 9 heavy (non-hydrogen) atoms. The molecule has 0 saturated heterocycles. The molecule has 0 saturated carbocycles. The minimum atomic E-state index is -0.883. The van der Waals surface area contributed by atoms with Crippen LogP contribution in [0.2, 0.25) is 0 Å². The number of rotatable bonds is 0. The molecular formula is C4H6N2O2S. The molecule has 0 amide bonds. The fraction of sp³-hybridized carbons (Fsp3) is 0.250. The van der Waals surface area contributed by atoms with E-state index in [4.69, 9.17) is 10.2 Å². The van der Waals surface area contributed by atoms with Crippen LogP contribution < -0.4 is 0 Å². The Kier molecular flexibility index (Phi) is 1.63. The molecule has 5 heteroatoms. The van der Waals surface area contributed by atoms with E-state index >= 15 is 0 Å². The first-order valence-corrected chi connectivity index (χ1v) is 2.70. The van der Waals surface area contributed by atoms with Crippen LogP contribution >= 0.6 is 12.8 Å². The molecule has 0 aliphatic carbocycles. The zero-order valence-electron chi connectivity index (χ0n) is 4.47. The molecule has 0 aromatic heterocycles. The Morgan fingerprint density at radius 2 is 2.44 bits per heavy atom. The first-order chi connectivity index (χ1) is 4.20. The lowest BCUT2D eigenvalue weighted by Crippen LogP contribution is -2.26. The average Bonchev–Trinajstić information content (AvgIpc) is 1.80. The van der Waals surface area contributed by atoms with Crippen molar-refractivity contribution in [3.8, 4) is 0 Å². The Morgan fingerprint density at radius 1 is 1.78 bits per heavy atom. The number of aliphatic imine (C=N–C) groups is 1. The summed E-state index contributed by atoms with van der Waals surface area (Å²) >= 11 is 3.78. The molecule has 1 rings (SSSR count). The van der Waals surface area contributed by atoms with Crippen molar-refractivity contribution in [1.82, 2.24) is 4.31 Å². The topological polar surface area (TPSA) is 56.1 Å². The third kappa shape index (κ3) is 1.36. The number of nitrogens with zero attached hydrogens (tertiary/aromatic N) is 2. The summed E-state index contributed by atoms with van der Waals surface area (Å²) in [5.74, 6) is -0.187. The Hall–Kier alpha value is -0.680. The van der Waals surface area contributed by atoms with Crippen LogP contribution in [0.3, 0.4) is 0 Å². The van der Waals surface area contributed by atoms with Gasteiger partial charge in [-0.05, 0) is 0 Å². The minimum Gasteiger partial charge on any atom is -0.493 e. The lowest BCUT2D eigenvalue weighted by atomic mass is 10.5. The summed E-state index contributed by atoms with van der Waals surface area (Å²) in [5.41, 5.74) is 0. The van der Waals surface area contributed by atoms with E-state index in [1.54, 1.807) is 0 Å². The van der Waals surface area contributed by atoms with Gasteiger partial charge >= 0.3 is 0 Å². The van der Waals surface area contributed by atoms with Crippen LogP contribution in [-0.4, -0.2) is 27.1 Å². The number of aliphatic hydroxyl groups excluding tert-OH is 2. The third-order valence-corrected chi connectivity index (χ3v) is 1.22. The summed E-state index contributed by atoms with van der Waals surface area (Å²) < 4.78 is 1.17. The third-order valence-electron chi connectivity index (χ3n) is 0.877. The maximum Gasteiger partial charge on any atom is 0.212 e. The highest BCUT2D eigenvalue weighted by molar-refractivity contribution is 7.78. The zero-order chi connectivity index (χ0) is 6.85. The summed E-state index contributed by atoms with van der Waals surface area (Å²) in [5, 5.41) is 17.5. The van der Waals surface area contributed by atoms with Crippen molar-refractivity contribution in [3.63, 3.8) is 0 Å². The molecule has 1 aliphatic rings. The quantitative estimate of drug-likeness (QED) is 0.418. The van der Waals surface area contributed by atoms with Crippen molar-refractivity contribution in [2.24, 2.45) is 4.99 Å². The van der Waals surface area contributed by atoms with Crippen molar-refractivity contribution in [2.75, 3.05) is 0 Å². The van der Waals surface area contributed by atoms with E-state index in [1.807, 2.05) is 0 Å². The lowest BCUT2D eigenvalue weighted by Gasteiger charge is -2.18. The summed E-state index contributed by atoms with van der Waals surface area (Å²) in [6.07, 6.45) is 1.52. The summed E-state index contributed by atoms with van der Waals surface area (Å²) in [6, 6.07) is 0. The monoisotopic (exact) mass is 146 g/mol. The van der Waals surface area contributed by atoms with Crippen LogP contribution in [0, 0.1) is 0 Å². The van der Waals surface area contributed by atoms with Crippen molar-refractivity contribution in [1.29, 1.82) is 0 Å². The van der Waals surface area contributed by atoms with Crippen molar-refractivity contribution < 1.29 is 10.2 Å². The predicted molar refractivity (Wildman–Crippen MR) is 36.0 cm³/mol. The highest BCUT2D eigenvalue weighted by atomic mass is 32.1. The fourth-order valence-corrected chi connectivity index (χ4v) is 0.558.